The average Bonchev–Trinajstić information content (AvgIpc) is 2.15. The Morgan fingerprint density at radius 2 is 1.93 bits per heavy atom. The average molecular weight is 203 g/mol. The van der Waals surface area contributed by atoms with Crippen molar-refractivity contribution < 1.29 is 15.3 Å². The van der Waals surface area contributed by atoms with Crippen LogP contribution in [0.1, 0.15) is 19.8 Å². The summed E-state index contributed by atoms with van der Waals surface area (Å²) in [7, 11) is 1.87. The molecule has 0 bridgehead atoms. The summed E-state index contributed by atoms with van der Waals surface area (Å²) in [6, 6.07) is -0.321. The molecule has 0 aromatic carbocycles. The number of piperidine rings is 1. The van der Waals surface area contributed by atoms with Crippen LogP contribution in [-0.2, 0) is 0 Å². The summed E-state index contributed by atoms with van der Waals surface area (Å²) < 4.78 is 0. The second kappa shape index (κ2) is 5.07. The Hall–Kier alpha value is -0.160. The lowest BCUT2D eigenvalue weighted by Crippen LogP contribution is -2.58. The van der Waals surface area contributed by atoms with Crippen LogP contribution in [0.3, 0.4) is 0 Å². The monoisotopic (exact) mass is 203 g/mol. The van der Waals surface area contributed by atoms with Crippen LogP contribution in [0.4, 0.5) is 0 Å². The zero-order chi connectivity index (χ0) is 10.7. The van der Waals surface area contributed by atoms with Crippen molar-refractivity contribution in [2.75, 3.05) is 20.2 Å². The third-order valence-corrected chi connectivity index (χ3v) is 3.16. The van der Waals surface area contributed by atoms with E-state index in [9.17, 15) is 10.2 Å². The van der Waals surface area contributed by atoms with E-state index in [2.05, 4.69) is 6.92 Å². The molecule has 0 aromatic rings. The molecule has 4 heteroatoms. The third kappa shape index (κ3) is 2.25. The van der Waals surface area contributed by atoms with Crippen LogP contribution in [-0.4, -0.2) is 58.7 Å². The van der Waals surface area contributed by atoms with Gasteiger partial charge in [0.15, 0.2) is 0 Å². The molecule has 0 radical (unpaired) electrons. The molecule has 1 aliphatic rings. The summed E-state index contributed by atoms with van der Waals surface area (Å²) in [5.41, 5.74) is 0. The van der Waals surface area contributed by atoms with Crippen molar-refractivity contribution in [1.29, 1.82) is 0 Å². The van der Waals surface area contributed by atoms with Crippen molar-refractivity contribution in [2.24, 2.45) is 5.92 Å². The number of rotatable bonds is 3. The normalized spacial score (nSPS) is 40.1. The molecule has 0 aromatic heterocycles. The highest BCUT2D eigenvalue weighted by molar-refractivity contribution is 4.92. The van der Waals surface area contributed by atoms with Gasteiger partial charge in [0.25, 0.3) is 0 Å². The number of likely N-dealkylation sites (tertiary alicyclic amines) is 1. The second-order valence-corrected chi connectivity index (χ2v) is 4.22. The van der Waals surface area contributed by atoms with Crippen molar-refractivity contribution >= 4 is 0 Å². The van der Waals surface area contributed by atoms with E-state index in [0.717, 1.165) is 19.4 Å². The first-order valence-corrected chi connectivity index (χ1v) is 5.29. The summed E-state index contributed by atoms with van der Waals surface area (Å²) in [6.07, 6.45) is 0.408. The van der Waals surface area contributed by atoms with Gasteiger partial charge in [-0.25, -0.2) is 0 Å². The lowest BCUT2D eigenvalue weighted by Gasteiger charge is -2.43. The van der Waals surface area contributed by atoms with Crippen molar-refractivity contribution in [1.82, 2.24) is 4.90 Å². The maximum atomic E-state index is 9.80. The SMILES string of the molecule is CCC[C@H]1CN(C)[C@H](CO)[C@@H](O)[C@@H]1O. The number of nitrogens with zero attached hydrogens (tertiary/aromatic N) is 1. The molecule has 1 aliphatic heterocycles. The Morgan fingerprint density at radius 3 is 2.43 bits per heavy atom. The maximum absolute atomic E-state index is 9.80. The number of aliphatic hydroxyl groups is 3. The third-order valence-electron chi connectivity index (χ3n) is 3.16. The highest BCUT2D eigenvalue weighted by atomic mass is 16.3. The fourth-order valence-corrected chi connectivity index (χ4v) is 2.26. The molecular formula is C10H21NO3. The smallest absolute Gasteiger partial charge is 0.0979 e. The molecule has 0 aliphatic carbocycles. The molecule has 1 saturated heterocycles. The topological polar surface area (TPSA) is 63.9 Å². The lowest BCUT2D eigenvalue weighted by atomic mass is 9.85. The van der Waals surface area contributed by atoms with Gasteiger partial charge in [-0.1, -0.05) is 13.3 Å². The molecule has 1 heterocycles. The van der Waals surface area contributed by atoms with E-state index in [1.54, 1.807) is 0 Å². The minimum atomic E-state index is -0.824. The van der Waals surface area contributed by atoms with Gasteiger partial charge in [0, 0.05) is 12.5 Å². The number of hydrogen-bond donors (Lipinski definition) is 3. The minimum absolute atomic E-state index is 0.104. The van der Waals surface area contributed by atoms with Crippen molar-refractivity contribution in [3.63, 3.8) is 0 Å². The van der Waals surface area contributed by atoms with Gasteiger partial charge in [-0.3, -0.25) is 4.90 Å². The first-order valence-electron chi connectivity index (χ1n) is 5.29. The first-order chi connectivity index (χ1) is 6.61. The highest BCUT2D eigenvalue weighted by Gasteiger charge is 2.39. The van der Waals surface area contributed by atoms with E-state index in [1.165, 1.54) is 0 Å². The Kier molecular flexibility index (Phi) is 4.31. The Bertz CT molecular complexity index is 175. The van der Waals surface area contributed by atoms with Crippen LogP contribution >= 0.6 is 0 Å². The van der Waals surface area contributed by atoms with E-state index in [4.69, 9.17) is 5.11 Å². The van der Waals surface area contributed by atoms with E-state index in [1.807, 2.05) is 11.9 Å². The molecule has 0 amide bonds. The summed E-state index contributed by atoms with van der Waals surface area (Å²) >= 11 is 0. The fourth-order valence-electron chi connectivity index (χ4n) is 2.26. The Morgan fingerprint density at radius 1 is 1.29 bits per heavy atom. The summed E-state index contributed by atoms with van der Waals surface area (Å²) in [5.74, 6) is 0.128. The standard InChI is InChI=1S/C10H21NO3/c1-3-4-7-5-11(2)8(6-12)10(14)9(7)13/h7-10,12-14H,3-6H2,1-2H3/t7-,8+,9+,10+/m0/s1. The van der Waals surface area contributed by atoms with Crippen molar-refractivity contribution in [3.05, 3.63) is 0 Å². The predicted molar refractivity (Wildman–Crippen MR) is 53.9 cm³/mol. The highest BCUT2D eigenvalue weighted by Crippen LogP contribution is 2.25. The molecule has 4 atom stereocenters. The number of aliphatic hydroxyl groups excluding tert-OH is 3. The number of likely N-dealkylation sites (N-methyl/N-ethyl adjacent to an activating group) is 1. The predicted octanol–water partition coefficient (Wildman–Crippen LogP) is -0.569. The lowest BCUT2D eigenvalue weighted by molar-refractivity contribution is -0.113. The molecular weight excluding hydrogens is 182 g/mol. The molecule has 0 unspecified atom stereocenters. The van der Waals surface area contributed by atoms with E-state index < -0.39 is 12.2 Å². The molecule has 84 valence electrons. The second-order valence-electron chi connectivity index (χ2n) is 4.22. The number of hydrogen-bond acceptors (Lipinski definition) is 4. The van der Waals surface area contributed by atoms with Crippen LogP contribution in [0.15, 0.2) is 0 Å². The zero-order valence-corrected chi connectivity index (χ0v) is 8.93. The van der Waals surface area contributed by atoms with Gasteiger partial charge >= 0.3 is 0 Å². The minimum Gasteiger partial charge on any atom is -0.395 e. The quantitative estimate of drug-likeness (QED) is 0.575. The van der Waals surface area contributed by atoms with Crippen LogP contribution in [0.25, 0.3) is 0 Å². The fraction of sp³-hybridized carbons (Fsp3) is 1.00. The molecule has 14 heavy (non-hydrogen) atoms. The van der Waals surface area contributed by atoms with Crippen LogP contribution in [0.5, 0.6) is 0 Å². The van der Waals surface area contributed by atoms with Crippen LogP contribution in [0.2, 0.25) is 0 Å². The molecule has 4 nitrogen and oxygen atoms in total. The largest absolute Gasteiger partial charge is 0.395 e. The molecule has 1 rings (SSSR count). The summed E-state index contributed by atoms with van der Waals surface area (Å²) in [4.78, 5) is 1.93. The van der Waals surface area contributed by atoms with Gasteiger partial charge in [-0.2, -0.15) is 0 Å². The van der Waals surface area contributed by atoms with Gasteiger partial charge in [-0.15, -0.1) is 0 Å². The van der Waals surface area contributed by atoms with Gasteiger partial charge in [0.1, 0.15) is 0 Å². The van der Waals surface area contributed by atoms with E-state index in [0.29, 0.717) is 0 Å². The molecule has 0 spiro atoms. The first kappa shape index (κ1) is 11.9. The summed E-state index contributed by atoms with van der Waals surface area (Å²) in [5, 5.41) is 28.6. The summed E-state index contributed by atoms with van der Waals surface area (Å²) in [6.45, 7) is 2.71. The zero-order valence-electron chi connectivity index (χ0n) is 8.93. The van der Waals surface area contributed by atoms with Crippen LogP contribution < -0.4 is 0 Å². The van der Waals surface area contributed by atoms with E-state index >= 15 is 0 Å². The molecule has 0 saturated carbocycles. The van der Waals surface area contributed by atoms with E-state index in [-0.39, 0.29) is 18.6 Å². The van der Waals surface area contributed by atoms with Crippen LogP contribution in [0, 0.1) is 5.92 Å². The van der Waals surface area contributed by atoms with Crippen molar-refractivity contribution in [2.45, 2.75) is 38.0 Å². The molecule has 1 fully saturated rings. The molecule has 3 N–H and O–H groups in total. The van der Waals surface area contributed by atoms with Gasteiger partial charge < -0.3 is 15.3 Å². The maximum Gasteiger partial charge on any atom is 0.0979 e. The van der Waals surface area contributed by atoms with Gasteiger partial charge in [0.05, 0.1) is 24.9 Å². The van der Waals surface area contributed by atoms with Gasteiger partial charge in [0.2, 0.25) is 0 Å². The Labute approximate surface area is 85.2 Å². The van der Waals surface area contributed by atoms with Gasteiger partial charge in [-0.05, 0) is 13.5 Å². The Balaban J connectivity index is 2.62. The van der Waals surface area contributed by atoms with Crippen molar-refractivity contribution in [3.8, 4) is 0 Å².